The summed E-state index contributed by atoms with van der Waals surface area (Å²) in [4.78, 5) is 12.7. The molecular weight excluding hydrogens is 166 g/mol. The van der Waals surface area contributed by atoms with Crippen molar-refractivity contribution in [3.05, 3.63) is 0 Å². The van der Waals surface area contributed by atoms with Crippen molar-refractivity contribution >= 4 is 6.09 Å². The summed E-state index contributed by atoms with van der Waals surface area (Å²) >= 11 is 0. The molecule has 0 N–H and O–H groups in total. The predicted octanol–water partition coefficient (Wildman–Crippen LogP) is 2.66. The van der Waals surface area contributed by atoms with Crippen LogP contribution in [-0.2, 0) is 4.74 Å². The lowest BCUT2D eigenvalue weighted by molar-refractivity contribution is 0.115. The van der Waals surface area contributed by atoms with Gasteiger partial charge in [-0.05, 0) is 13.3 Å². The fourth-order valence-electron chi connectivity index (χ4n) is 1.10. The van der Waals surface area contributed by atoms with Crippen molar-refractivity contribution in [3.63, 3.8) is 0 Å². The minimum absolute atomic E-state index is 0.209. The van der Waals surface area contributed by atoms with Gasteiger partial charge < -0.3 is 9.64 Å². The first kappa shape index (κ1) is 12.3. The summed E-state index contributed by atoms with van der Waals surface area (Å²) in [7, 11) is 1.78. The molecule has 0 saturated heterocycles. The molecule has 0 heterocycles. The van der Waals surface area contributed by atoms with Crippen LogP contribution in [0.5, 0.6) is 0 Å². The van der Waals surface area contributed by atoms with Crippen LogP contribution in [0.2, 0.25) is 0 Å². The van der Waals surface area contributed by atoms with Crippen molar-refractivity contribution in [1.29, 1.82) is 0 Å². The SMILES string of the molecule is CCCCCCN(C)C(=O)OCC. The van der Waals surface area contributed by atoms with Crippen LogP contribution in [0.3, 0.4) is 0 Å². The fourth-order valence-corrected chi connectivity index (χ4v) is 1.10. The highest BCUT2D eigenvalue weighted by atomic mass is 16.5. The molecule has 0 saturated carbocycles. The van der Waals surface area contributed by atoms with E-state index in [9.17, 15) is 4.79 Å². The Morgan fingerprint density at radius 3 is 2.46 bits per heavy atom. The number of hydrogen-bond acceptors (Lipinski definition) is 2. The van der Waals surface area contributed by atoms with Gasteiger partial charge in [-0.3, -0.25) is 0 Å². The lowest BCUT2D eigenvalue weighted by atomic mass is 10.2. The molecule has 0 bridgehead atoms. The summed E-state index contributed by atoms with van der Waals surface area (Å²) in [6.07, 6.45) is 4.53. The number of carbonyl (C=O) groups excluding carboxylic acids is 1. The van der Waals surface area contributed by atoms with Crippen molar-refractivity contribution in [3.8, 4) is 0 Å². The van der Waals surface area contributed by atoms with Gasteiger partial charge >= 0.3 is 6.09 Å². The number of hydrogen-bond donors (Lipinski definition) is 0. The number of amides is 1. The summed E-state index contributed by atoms with van der Waals surface area (Å²) in [5, 5.41) is 0. The van der Waals surface area contributed by atoms with Gasteiger partial charge in [0.2, 0.25) is 0 Å². The van der Waals surface area contributed by atoms with E-state index in [0.29, 0.717) is 6.61 Å². The first-order valence-corrected chi connectivity index (χ1v) is 5.10. The van der Waals surface area contributed by atoms with E-state index in [0.717, 1.165) is 13.0 Å². The van der Waals surface area contributed by atoms with Gasteiger partial charge in [0.05, 0.1) is 6.61 Å². The van der Waals surface area contributed by atoms with E-state index in [1.807, 2.05) is 6.92 Å². The Hall–Kier alpha value is -0.730. The molecule has 0 radical (unpaired) electrons. The van der Waals surface area contributed by atoms with E-state index in [2.05, 4.69) is 6.92 Å². The molecule has 0 rings (SSSR count). The lowest BCUT2D eigenvalue weighted by Crippen LogP contribution is -2.28. The molecule has 13 heavy (non-hydrogen) atoms. The predicted molar refractivity (Wildman–Crippen MR) is 53.8 cm³/mol. The lowest BCUT2D eigenvalue weighted by Gasteiger charge is -2.15. The highest BCUT2D eigenvalue weighted by molar-refractivity contribution is 5.67. The highest BCUT2D eigenvalue weighted by Gasteiger charge is 2.07. The van der Waals surface area contributed by atoms with Crippen LogP contribution in [0.4, 0.5) is 4.79 Å². The van der Waals surface area contributed by atoms with Gasteiger partial charge in [-0.1, -0.05) is 26.2 Å². The molecule has 0 aliphatic rings. The third kappa shape index (κ3) is 6.43. The van der Waals surface area contributed by atoms with Crippen LogP contribution in [0, 0.1) is 0 Å². The standard InChI is InChI=1S/C10H21NO2/c1-4-6-7-8-9-11(3)10(12)13-5-2/h4-9H2,1-3H3. The normalized spacial score (nSPS) is 9.77. The van der Waals surface area contributed by atoms with Gasteiger partial charge in [0.15, 0.2) is 0 Å². The quantitative estimate of drug-likeness (QED) is 0.598. The summed E-state index contributed by atoms with van der Waals surface area (Å²) in [6.45, 7) is 5.26. The van der Waals surface area contributed by atoms with Gasteiger partial charge in [-0.25, -0.2) is 4.79 Å². The second kappa shape index (κ2) is 7.90. The number of carbonyl (C=O) groups is 1. The molecule has 0 aliphatic carbocycles. The van der Waals surface area contributed by atoms with Crippen LogP contribution >= 0.6 is 0 Å². The van der Waals surface area contributed by atoms with Crippen molar-refractivity contribution in [2.24, 2.45) is 0 Å². The number of nitrogens with zero attached hydrogens (tertiary/aromatic N) is 1. The average Bonchev–Trinajstić information content (AvgIpc) is 2.12. The Labute approximate surface area is 81.1 Å². The smallest absolute Gasteiger partial charge is 0.409 e. The van der Waals surface area contributed by atoms with E-state index < -0.39 is 0 Å². The molecule has 0 atom stereocenters. The maximum absolute atomic E-state index is 11.1. The maximum atomic E-state index is 11.1. The Bertz CT molecular complexity index is 137. The second-order valence-corrected chi connectivity index (χ2v) is 3.18. The van der Waals surface area contributed by atoms with Crippen LogP contribution in [0.25, 0.3) is 0 Å². The van der Waals surface area contributed by atoms with E-state index in [-0.39, 0.29) is 6.09 Å². The molecule has 0 spiro atoms. The van der Waals surface area contributed by atoms with Crippen LogP contribution in [-0.4, -0.2) is 31.2 Å². The summed E-state index contributed by atoms with van der Waals surface area (Å²) in [5.74, 6) is 0. The van der Waals surface area contributed by atoms with E-state index in [4.69, 9.17) is 4.74 Å². The Balaban J connectivity index is 3.38. The van der Waals surface area contributed by atoms with Gasteiger partial charge in [0.25, 0.3) is 0 Å². The first-order valence-electron chi connectivity index (χ1n) is 5.10. The second-order valence-electron chi connectivity index (χ2n) is 3.18. The molecule has 0 unspecified atom stereocenters. The average molecular weight is 187 g/mol. The number of unbranched alkanes of at least 4 members (excludes halogenated alkanes) is 3. The topological polar surface area (TPSA) is 29.5 Å². The molecule has 78 valence electrons. The summed E-state index contributed by atoms with van der Waals surface area (Å²) in [6, 6.07) is 0. The molecule has 3 nitrogen and oxygen atoms in total. The van der Waals surface area contributed by atoms with Crippen molar-refractivity contribution < 1.29 is 9.53 Å². The number of rotatable bonds is 6. The van der Waals surface area contributed by atoms with Gasteiger partial charge in [-0.15, -0.1) is 0 Å². The van der Waals surface area contributed by atoms with E-state index in [1.54, 1.807) is 11.9 Å². The van der Waals surface area contributed by atoms with Crippen molar-refractivity contribution in [2.75, 3.05) is 20.2 Å². The Kier molecular flexibility index (Phi) is 7.45. The maximum Gasteiger partial charge on any atom is 0.409 e. The minimum atomic E-state index is -0.209. The molecule has 0 aromatic heterocycles. The third-order valence-corrected chi connectivity index (χ3v) is 1.93. The van der Waals surface area contributed by atoms with Gasteiger partial charge in [-0.2, -0.15) is 0 Å². The van der Waals surface area contributed by atoms with Crippen LogP contribution in [0.1, 0.15) is 39.5 Å². The largest absolute Gasteiger partial charge is 0.450 e. The van der Waals surface area contributed by atoms with Crippen LogP contribution < -0.4 is 0 Å². The summed E-state index contributed by atoms with van der Waals surface area (Å²) in [5.41, 5.74) is 0. The van der Waals surface area contributed by atoms with E-state index in [1.165, 1.54) is 19.3 Å². The van der Waals surface area contributed by atoms with Crippen molar-refractivity contribution in [1.82, 2.24) is 4.90 Å². The number of ether oxygens (including phenoxy) is 1. The summed E-state index contributed by atoms with van der Waals surface area (Å²) < 4.78 is 4.85. The Morgan fingerprint density at radius 1 is 1.23 bits per heavy atom. The molecular formula is C10H21NO2. The monoisotopic (exact) mass is 187 g/mol. The molecule has 0 aliphatic heterocycles. The molecule has 0 fully saturated rings. The molecule has 0 aromatic carbocycles. The Morgan fingerprint density at radius 2 is 1.92 bits per heavy atom. The zero-order valence-electron chi connectivity index (χ0n) is 9.01. The molecule has 0 aromatic rings. The zero-order valence-corrected chi connectivity index (χ0v) is 9.01. The molecule has 3 heteroatoms. The van der Waals surface area contributed by atoms with E-state index >= 15 is 0 Å². The minimum Gasteiger partial charge on any atom is -0.450 e. The molecule has 1 amide bonds. The third-order valence-electron chi connectivity index (χ3n) is 1.93. The van der Waals surface area contributed by atoms with Crippen LogP contribution in [0.15, 0.2) is 0 Å². The van der Waals surface area contributed by atoms with Gasteiger partial charge in [0.1, 0.15) is 0 Å². The van der Waals surface area contributed by atoms with Crippen molar-refractivity contribution in [2.45, 2.75) is 39.5 Å². The first-order chi connectivity index (χ1) is 6.22. The van der Waals surface area contributed by atoms with Gasteiger partial charge in [0, 0.05) is 13.6 Å². The fraction of sp³-hybridized carbons (Fsp3) is 0.900. The highest BCUT2D eigenvalue weighted by Crippen LogP contribution is 2.01. The zero-order chi connectivity index (χ0) is 10.1.